The smallest absolute Gasteiger partial charge is 0.150 e. The van der Waals surface area contributed by atoms with Crippen LogP contribution >= 0.6 is 0 Å². The molecule has 4 nitrogen and oxygen atoms in total. The molecule has 0 aromatic rings. The highest BCUT2D eigenvalue weighted by Gasteiger charge is 2.04. The minimum atomic E-state index is -0.0221. The molecule has 0 aromatic heterocycles. The molecule has 0 saturated carbocycles. The minimum absolute atomic E-state index is 0.0221. The van der Waals surface area contributed by atoms with Crippen molar-refractivity contribution in [1.82, 2.24) is 5.01 Å². The molecule has 0 N–H and O–H groups in total. The maximum Gasteiger partial charge on any atom is 0.150 e. The van der Waals surface area contributed by atoms with E-state index in [1.54, 1.807) is 0 Å². The molecule has 0 amide bonds. The Balaban J connectivity index is 3.53. The monoisotopic (exact) mass is 172 g/mol. The van der Waals surface area contributed by atoms with Gasteiger partial charge in [-0.3, -0.25) is 9.80 Å². The number of hydrogen-bond donors (Lipinski definition) is 0. The highest BCUT2D eigenvalue weighted by Crippen LogP contribution is 1.98. The van der Waals surface area contributed by atoms with Crippen molar-refractivity contribution in [3.63, 3.8) is 0 Å². The third-order valence-electron chi connectivity index (χ3n) is 1.54. The Labute approximate surface area is 72.9 Å². The van der Waals surface area contributed by atoms with Crippen molar-refractivity contribution in [2.75, 3.05) is 13.1 Å². The number of hydrogen-bond acceptors (Lipinski definition) is 3. The summed E-state index contributed by atoms with van der Waals surface area (Å²) in [5.74, 6) is -0.0221. The van der Waals surface area contributed by atoms with E-state index in [0.717, 1.165) is 19.3 Å². The molecule has 0 heterocycles. The van der Waals surface area contributed by atoms with Crippen LogP contribution in [0.2, 0.25) is 0 Å². The van der Waals surface area contributed by atoms with E-state index in [2.05, 4.69) is 12.2 Å². The normalized spacial score (nSPS) is 9.50. The van der Waals surface area contributed by atoms with Gasteiger partial charge >= 0.3 is 0 Å². The van der Waals surface area contributed by atoms with E-state index in [-0.39, 0.29) is 12.3 Å². The number of nitrogens with zero attached hydrogens (tertiary/aromatic N) is 2. The fourth-order valence-electron chi connectivity index (χ4n) is 0.950. The molecule has 0 fully saturated rings. The van der Waals surface area contributed by atoms with Crippen molar-refractivity contribution in [3.8, 4) is 0 Å². The predicted octanol–water partition coefficient (Wildman–Crippen LogP) is 1.75. The average Bonchev–Trinajstić information content (AvgIpc) is 2.02. The van der Waals surface area contributed by atoms with Gasteiger partial charge < -0.3 is 0 Å². The van der Waals surface area contributed by atoms with Gasteiger partial charge in [0, 0.05) is 6.54 Å². The lowest BCUT2D eigenvalue weighted by Gasteiger charge is -2.12. The first-order valence-corrected chi connectivity index (χ1v) is 4.28. The van der Waals surface area contributed by atoms with Crippen LogP contribution in [0.3, 0.4) is 0 Å². The van der Waals surface area contributed by atoms with Crippen LogP contribution in [0.25, 0.3) is 0 Å². The molecule has 0 rings (SSSR count). The van der Waals surface area contributed by atoms with Crippen molar-refractivity contribution in [3.05, 3.63) is 4.91 Å². The second kappa shape index (κ2) is 6.76. The van der Waals surface area contributed by atoms with Crippen molar-refractivity contribution in [2.45, 2.75) is 33.1 Å². The highest BCUT2D eigenvalue weighted by molar-refractivity contribution is 5.77. The van der Waals surface area contributed by atoms with E-state index in [1.807, 2.05) is 0 Å². The highest BCUT2D eigenvalue weighted by atomic mass is 16.3. The van der Waals surface area contributed by atoms with Gasteiger partial charge in [-0.25, -0.2) is 0 Å². The van der Waals surface area contributed by atoms with Gasteiger partial charge in [0.1, 0.15) is 0 Å². The Bertz CT molecular complexity index is 148. The summed E-state index contributed by atoms with van der Waals surface area (Å²) in [6, 6.07) is 0. The van der Waals surface area contributed by atoms with Crippen LogP contribution in [0.4, 0.5) is 0 Å². The third kappa shape index (κ3) is 5.82. The summed E-state index contributed by atoms with van der Waals surface area (Å²) in [5, 5.41) is 4.04. The summed E-state index contributed by atoms with van der Waals surface area (Å²) in [6.07, 6.45) is 3.10. The van der Waals surface area contributed by atoms with Crippen molar-refractivity contribution < 1.29 is 4.79 Å². The van der Waals surface area contributed by atoms with Crippen molar-refractivity contribution in [2.24, 2.45) is 5.29 Å². The Morgan fingerprint density at radius 3 is 2.50 bits per heavy atom. The van der Waals surface area contributed by atoms with Crippen LogP contribution in [0.1, 0.15) is 33.1 Å². The van der Waals surface area contributed by atoms with Gasteiger partial charge in [0.25, 0.3) is 0 Å². The molecule has 70 valence electrons. The van der Waals surface area contributed by atoms with Crippen LogP contribution < -0.4 is 0 Å². The molecular formula is C8H16N2O2. The van der Waals surface area contributed by atoms with Gasteiger partial charge in [-0.1, -0.05) is 19.8 Å². The molecule has 0 radical (unpaired) electrons. The fourth-order valence-corrected chi connectivity index (χ4v) is 0.950. The minimum Gasteiger partial charge on any atom is -0.298 e. The van der Waals surface area contributed by atoms with E-state index in [4.69, 9.17) is 0 Å². The number of nitroso groups, excluding NO2 is 1. The molecule has 12 heavy (non-hydrogen) atoms. The molecule has 0 aliphatic heterocycles. The Morgan fingerprint density at radius 2 is 2.08 bits per heavy atom. The van der Waals surface area contributed by atoms with Gasteiger partial charge in [-0.05, 0) is 13.3 Å². The van der Waals surface area contributed by atoms with Crippen LogP contribution in [-0.4, -0.2) is 23.9 Å². The summed E-state index contributed by atoms with van der Waals surface area (Å²) in [5.41, 5.74) is 0. The molecule has 0 bridgehead atoms. The van der Waals surface area contributed by atoms with Gasteiger partial charge in [0.2, 0.25) is 0 Å². The summed E-state index contributed by atoms with van der Waals surface area (Å²) in [6.45, 7) is 4.28. The topological polar surface area (TPSA) is 49.7 Å². The molecule has 0 unspecified atom stereocenters. The maximum atomic E-state index is 10.6. The molecule has 4 heteroatoms. The lowest BCUT2D eigenvalue weighted by Crippen LogP contribution is -2.24. The molecular weight excluding hydrogens is 156 g/mol. The molecule has 0 atom stereocenters. The number of rotatable bonds is 7. The molecule has 0 aliphatic rings. The molecule has 0 aliphatic carbocycles. The number of Topliss-reactive ketones (excluding diaryl/α,β-unsaturated/α-hetero) is 1. The first-order valence-electron chi connectivity index (χ1n) is 4.28. The van der Waals surface area contributed by atoms with E-state index < -0.39 is 0 Å². The maximum absolute atomic E-state index is 10.6. The van der Waals surface area contributed by atoms with Gasteiger partial charge in [-0.15, -0.1) is 4.91 Å². The summed E-state index contributed by atoms with van der Waals surface area (Å²) >= 11 is 0. The number of carbonyl (C=O) groups is 1. The van der Waals surface area contributed by atoms with Gasteiger partial charge in [-0.2, -0.15) is 0 Å². The van der Waals surface area contributed by atoms with Gasteiger partial charge in [0.05, 0.1) is 11.8 Å². The first kappa shape index (κ1) is 11.1. The fraction of sp³-hybridized carbons (Fsp3) is 0.875. The predicted molar refractivity (Wildman–Crippen MR) is 47.6 cm³/mol. The lowest BCUT2D eigenvalue weighted by atomic mass is 10.2. The van der Waals surface area contributed by atoms with Crippen molar-refractivity contribution >= 4 is 5.78 Å². The average molecular weight is 172 g/mol. The third-order valence-corrected chi connectivity index (χ3v) is 1.54. The number of ketones is 1. The number of unbranched alkanes of at least 4 members (excludes halogenated alkanes) is 2. The zero-order valence-electron chi connectivity index (χ0n) is 7.75. The van der Waals surface area contributed by atoms with E-state index in [9.17, 15) is 9.70 Å². The van der Waals surface area contributed by atoms with Crippen LogP contribution in [0.5, 0.6) is 0 Å². The van der Waals surface area contributed by atoms with E-state index >= 15 is 0 Å². The van der Waals surface area contributed by atoms with Gasteiger partial charge in [0.15, 0.2) is 5.78 Å². The quantitative estimate of drug-likeness (QED) is 0.334. The van der Waals surface area contributed by atoms with E-state index in [0.29, 0.717) is 6.54 Å². The SMILES string of the molecule is CCCCCN(CC(C)=O)N=O. The summed E-state index contributed by atoms with van der Waals surface area (Å²) in [4.78, 5) is 20.8. The summed E-state index contributed by atoms with van der Waals surface area (Å²) in [7, 11) is 0. The standard InChI is InChI=1S/C8H16N2O2/c1-3-4-5-6-10(9-12)7-8(2)11/h3-7H2,1-2H3. The number of carbonyl (C=O) groups excluding carboxylic acids is 1. The molecule has 0 saturated heterocycles. The Hall–Kier alpha value is -0.930. The van der Waals surface area contributed by atoms with E-state index in [1.165, 1.54) is 11.9 Å². The van der Waals surface area contributed by atoms with Crippen molar-refractivity contribution in [1.29, 1.82) is 0 Å². The Morgan fingerprint density at radius 1 is 1.42 bits per heavy atom. The zero-order valence-corrected chi connectivity index (χ0v) is 7.75. The zero-order chi connectivity index (χ0) is 9.40. The van der Waals surface area contributed by atoms with Crippen LogP contribution in [0.15, 0.2) is 5.29 Å². The summed E-state index contributed by atoms with van der Waals surface area (Å²) < 4.78 is 0. The Kier molecular flexibility index (Phi) is 6.24. The molecule has 0 aromatic carbocycles. The first-order chi connectivity index (χ1) is 5.70. The molecule has 0 spiro atoms. The largest absolute Gasteiger partial charge is 0.298 e. The lowest BCUT2D eigenvalue weighted by molar-refractivity contribution is -0.118. The van der Waals surface area contributed by atoms with Crippen LogP contribution in [0, 0.1) is 4.91 Å². The second-order valence-electron chi connectivity index (χ2n) is 2.88. The second-order valence-corrected chi connectivity index (χ2v) is 2.88. The van der Waals surface area contributed by atoms with Crippen LogP contribution in [-0.2, 0) is 4.79 Å².